The third kappa shape index (κ3) is 10.3. The summed E-state index contributed by atoms with van der Waals surface area (Å²) in [5, 5.41) is 0. The molecule has 0 unspecified atom stereocenters. The van der Waals surface area contributed by atoms with E-state index in [4.69, 9.17) is 14.2 Å². The number of benzene rings is 2. The third-order valence-corrected chi connectivity index (χ3v) is 3.59. The van der Waals surface area contributed by atoms with E-state index in [0.717, 1.165) is 22.6 Å². The highest BCUT2D eigenvalue weighted by atomic mass is 16.5. The molecular weight excluding hydrogens is 340 g/mol. The normalized spacial score (nSPS) is 9.11. The molecule has 0 atom stereocenters. The van der Waals surface area contributed by atoms with E-state index in [1.165, 1.54) is 0 Å². The van der Waals surface area contributed by atoms with Gasteiger partial charge in [0.2, 0.25) is 0 Å². The Labute approximate surface area is 164 Å². The molecule has 27 heavy (non-hydrogen) atoms. The molecule has 0 aliphatic carbocycles. The van der Waals surface area contributed by atoms with Crippen LogP contribution in [0.15, 0.2) is 48.5 Å². The molecule has 150 valence electrons. The molecule has 0 fully saturated rings. The van der Waals surface area contributed by atoms with Gasteiger partial charge in [-0.2, -0.15) is 0 Å². The van der Waals surface area contributed by atoms with Crippen LogP contribution in [0.2, 0.25) is 0 Å². The summed E-state index contributed by atoms with van der Waals surface area (Å²) in [6.45, 7) is 8.40. The standard InChI is InChI=1S/C19H22O4.2C2H6/c1-21-17-8-3-15(4-9-17)7-12-19(20)23-14-13-16-5-10-18(22-2)11-6-16;2*1-2/h3-6,8-11H,7,12-14H2,1-2H3;2*1-2H3. The van der Waals surface area contributed by atoms with Crippen LogP contribution in [0.3, 0.4) is 0 Å². The van der Waals surface area contributed by atoms with Gasteiger partial charge in [0, 0.05) is 12.8 Å². The van der Waals surface area contributed by atoms with Crippen molar-refractivity contribution in [2.75, 3.05) is 20.8 Å². The maximum Gasteiger partial charge on any atom is 0.306 e. The van der Waals surface area contributed by atoms with Crippen LogP contribution in [0, 0.1) is 0 Å². The molecule has 0 aliphatic rings. The molecule has 4 nitrogen and oxygen atoms in total. The minimum absolute atomic E-state index is 0.172. The molecule has 4 heteroatoms. The number of aryl methyl sites for hydroxylation is 1. The van der Waals surface area contributed by atoms with Gasteiger partial charge in [-0.15, -0.1) is 0 Å². The Bertz CT molecular complexity index is 603. The van der Waals surface area contributed by atoms with Crippen LogP contribution in [-0.4, -0.2) is 26.8 Å². The van der Waals surface area contributed by atoms with Crippen LogP contribution in [0.25, 0.3) is 0 Å². The first kappa shape index (κ1) is 24.5. The third-order valence-electron chi connectivity index (χ3n) is 3.59. The minimum atomic E-state index is -0.172. The number of carbonyl (C=O) groups excluding carboxylic acids is 1. The van der Waals surface area contributed by atoms with Crippen LogP contribution in [0.4, 0.5) is 0 Å². The van der Waals surface area contributed by atoms with Crippen molar-refractivity contribution in [1.29, 1.82) is 0 Å². The lowest BCUT2D eigenvalue weighted by molar-refractivity contribution is -0.143. The van der Waals surface area contributed by atoms with Crippen LogP contribution in [0.5, 0.6) is 11.5 Å². The van der Waals surface area contributed by atoms with Crippen molar-refractivity contribution in [3.8, 4) is 11.5 Å². The first-order chi connectivity index (χ1) is 13.2. The number of esters is 1. The van der Waals surface area contributed by atoms with Crippen molar-refractivity contribution in [3.63, 3.8) is 0 Å². The second-order valence-corrected chi connectivity index (χ2v) is 5.17. The van der Waals surface area contributed by atoms with E-state index >= 15 is 0 Å². The van der Waals surface area contributed by atoms with E-state index in [-0.39, 0.29) is 5.97 Å². The first-order valence-electron chi connectivity index (χ1n) is 9.63. The van der Waals surface area contributed by atoms with E-state index in [9.17, 15) is 4.79 Å². The predicted molar refractivity (Wildman–Crippen MR) is 112 cm³/mol. The molecule has 0 aliphatic heterocycles. The zero-order valence-corrected chi connectivity index (χ0v) is 17.6. The maximum absolute atomic E-state index is 11.8. The maximum atomic E-state index is 11.8. The average molecular weight is 375 g/mol. The summed E-state index contributed by atoms with van der Waals surface area (Å²) in [5.74, 6) is 1.47. The van der Waals surface area contributed by atoms with Crippen molar-refractivity contribution in [3.05, 3.63) is 59.7 Å². The molecule has 2 aromatic rings. The molecule has 0 N–H and O–H groups in total. The Morgan fingerprint density at radius 1 is 0.704 bits per heavy atom. The fraction of sp³-hybridized carbons (Fsp3) is 0.435. The number of methoxy groups -OCH3 is 2. The van der Waals surface area contributed by atoms with Gasteiger partial charge >= 0.3 is 5.97 Å². The van der Waals surface area contributed by atoms with E-state index < -0.39 is 0 Å². The molecule has 0 saturated carbocycles. The Kier molecular flexibility index (Phi) is 14.3. The SMILES string of the molecule is CC.CC.COc1ccc(CCOC(=O)CCc2ccc(OC)cc2)cc1. The van der Waals surface area contributed by atoms with Crippen molar-refractivity contribution in [2.24, 2.45) is 0 Å². The predicted octanol–water partition coefficient (Wildman–Crippen LogP) is 5.47. The molecule has 2 rings (SSSR count). The number of rotatable bonds is 8. The smallest absolute Gasteiger partial charge is 0.306 e. The van der Waals surface area contributed by atoms with Crippen LogP contribution < -0.4 is 9.47 Å². The topological polar surface area (TPSA) is 44.8 Å². The number of carbonyl (C=O) groups is 1. The first-order valence-corrected chi connectivity index (χ1v) is 9.63. The summed E-state index contributed by atoms with van der Waals surface area (Å²) in [6.07, 6.45) is 1.76. The van der Waals surface area contributed by atoms with Gasteiger partial charge in [-0.05, 0) is 41.8 Å². The highest BCUT2D eigenvalue weighted by Crippen LogP contribution is 2.13. The highest BCUT2D eigenvalue weighted by Gasteiger charge is 2.04. The number of hydrogen-bond donors (Lipinski definition) is 0. The van der Waals surface area contributed by atoms with E-state index in [1.54, 1.807) is 14.2 Å². The van der Waals surface area contributed by atoms with Gasteiger partial charge < -0.3 is 14.2 Å². The lowest BCUT2D eigenvalue weighted by atomic mass is 10.1. The molecule has 0 aromatic heterocycles. The highest BCUT2D eigenvalue weighted by molar-refractivity contribution is 5.69. The summed E-state index contributed by atoms with van der Waals surface area (Å²) in [7, 11) is 3.27. The average Bonchev–Trinajstić information content (AvgIpc) is 2.76. The quantitative estimate of drug-likeness (QED) is 0.574. The minimum Gasteiger partial charge on any atom is -0.497 e. The lowest BCUT2D eigenvalue weighted by Crippen LogP contribution is -2.08. The molecule has 0 radical (unpaired) electrons. The molecule has 0 saturated heterocycles. The van der Waals surface area contributed by atoms with Gasteiger partial charge in [0.15, 0.2) is 0 Å². The largest absolute Gasteiger partial charge is 0.497 e. The Balaban J connectivity index is 0.00000158. The van der Waals surface area contributed by atoms with Crippen molar-refractivity contribution in [2.45, 2.75) is 47.0 Å². The zero-order chi connectivity index (χ0) is 20.5. The summed E-state index contributed by atoms with van der Waals surface area (Å²) in [5.41, 5.74) is 2.21. The summed E-state index contributed by atoms with van der Waals surface area (Å²) in [4.78, 5) is 11.8. The van der Waals surface area contributed by atoms with Gasteiger partial charge in [-0.1, -0.05) is 52.0 Å². The van der Waals surface area contributed by atoms with Crippen LogP contribution >= 0.6 is 0 Å². The second kappa shape index (κ2) is 15.7. The monoisotopic (exact) mass is 374 g/mol. The number of hydrogen-bond acceptors (Lipinski definition) is 4. The van der Waals surface area contributed by atoms with Crippen molar-refractivity contribution in [1.82, 2.24) is 0 Å². The summed E-state index contributed by atoms with van der Waals surface area (Å²) < 4.78 is 15.5. The van der Waals surface area contributed by atoms with Gasteiger partial charge in [-0.25, -0.2) is 0 Å². The Hall–Kier alpha value is -2.49. The van der Waals surface area contributed by atoms with E-state index in [0.29, 0.717) is 25.9 Å². The van der Waals surface area contributed by atoms with Crippen LogP contribution in [0.1, 0.15) is 45.2 Å². The van der Waals surface area contributed by atoms with Gasteiger partial charge in [-0.3, -0.25) is 4.79 Å². The fourth-order valence-electron chi connectivity index (χ4n) is 2.19. The summed E-state index contributed by atoms with van der Waals surface area (Å²) in [6, 6.07) is 15.5. The molecule has 2 aromatic carbocycles. The van der Waals surface area contributed by atoms with Gasteiger partial charge in [0.25, 0.3) is 0 Å². The molecule has 0 heterocycles. The van der Waals surface area contributed by atoms with Gasteiger partial charge in [0.1, 0.15) is 11.5 Å². The molecule has 0 amide bonds. The van der Waals surface area contributed by atoms with E-state index in [1.807, 2.05) is 76.2 Å². The van der Waals surface area contributed by atoms with Crippen molar-refractivity contribution < 1.29 is 19.0 Å². The second-order valence-electron chi connectivity index (χ2n) is 5.17. The Morgan fingerprint density at radius 3 is 1.52 bits per heavy atom. The van der Waals surface area contributed by atoms with Crippen molar-refractivity contribution >= 4 is 5.97 Å². The zero-order valence-electron chi connectivity index (χ0n) is 17.6. The molecule has 0 bridgehead atoms. The van der Waals surface area contributed by atoms with Crippen LogP contribution in [-0.2, 0) is 22.4 Å². The van der Waals surface area contributed by atoms with Gasteiger partial charge in [0.05, 0.1) is 20.8 Å². The molecule has 0 spiro atoms. The number of ether oxygens (including phenoxy) is 3. The lowest BCUT2D eigenvalue weighted by Gasteiger charge is -2.06. The summed E-state index contributed by atoms with van der Waals surface area (Å²) >= 11 is 0. The van der Waals surface area contributed by atoms with E-state index in [2.05, 4.69) is 0 Å². The molecular formula is C23H34O4. The Morgan fingerprint density at radius 2 is 1.11 bits per heavy atom. The fourth-order valence-corrected chi connectivity index (χ4v) is 2.19.